The molecule has 14 heavy (non-hydrogen) atoms. The van der Waals surface area contributed by atoms with Gasteiger partial charge in [0.1, 0.15) is 0 Å². The number of carbonyl (C=O) groups is 1. The number of hydrogen-bond acceptors (Lipinski definition) is 3. The number of piperidine rings is 1. The molecule has 82 valence electrons. The van der Waals surface area contributed by atoms with E-state index in [1.165, 1.54) is 12.8 Å². The minimum absolute atomic E-state index is 0.0421. The van der Waals surface area contributed by atoms with Crippen LogP contribution in [0.5, 0.6) is 0 Å². The summed E-state index contributed by atoms with van der Waals surface area (Å²) in [6.07, 6.45) is 2.05. The third-order valence-corrected chi connectivity index (χ3v) is 2.28. The highest BCUT2D eigenvalue weighted by Gasteiger charge is 2.14. The van der Waals surface area contributed by atoms with Gasteiger partial charge >= 0.3 is 6.09 Å². The Bertz CT molecular complexity index is 177. The summed E-state index contributed by atoms with van der Waals surface area (Å²) in [5.74, 6) is 0.559. The lowest BCUT2D eigenvalue weighted by atomic mass is 10.00. The van der Waals surface area contributed by atoms with E-state index in [2.05, 4.69) is 10.6 Å². The lowest BCUT2D eigenvalue weighted by molar-refractivity contribution is 0.113. The van der Waals surface area contributed by atoms with Crippen molar-refractivity contribution in [1.29, 1.82) is 0 Å². The molecule has 0 aromatic heterocycles. The first kappa shape index (κ1) is 11.3. The third-order valence-electron chi connectivity index (χ3n) is 2.28. The number of carbonyl (C=O) groups excluding carboxylic acids is 1. The molecule has 1 heterocycles. The molecule has 1 fully saturated rings. The molecule has 0 aliphatic carbocycles. The van der Waals surface area contributed by atoms with Crippen molar-refractivity contribution >= 4 is 6.09 Å². The number of rotatable bonds is 3. The Balaban J connectivity index is 2.09. The van der Waals surface area contributed by atoms with Crippen LogP contribution >= 0.6 is 0 Å². The Morgan fingerprint density at radius 2 is 2.43 bits per heavy atom. The maximum Gasteiger partial charge on any atom is 0.407 e. The lowest BCUT2D eigenvalue weighted by Gasteiger charge is -2.22. The molecule has 1 aliphatic heterocycles. The van der Waals surface area contributed by atoms with Gasteiger partial charge in [-0.3, -0.25) is 0 Å². The zero-order valence-electron chi connectivity index (χ0n) is 9.01. The molecule has 0 saturated carbocycles. The van der Waals surface area contributed by atoms with Crippen LogP contribution in [0.25, 0.3) is 0 Å². The number of nitrogens with one attached hydrogen (secondary N) is 2. The molecule has 1 saturated heterocycles. The minimum Gasteiger partial charge on any atom is -0.447 e. The highest BCUT2D eigenvalue weighted by Crippen LogP contribution is 2.08. The van der Waals surface area contributed by atoms with E-state index in [1.807, 2.05) is 13.8 Å². The molecule has 0 radical (unpaired) electrons. The first-order valence-electron chi connectivity index (χ1n) is 5.33. The van der Waals surface area contributed by atoms with Crippen molar-refractivity contribution in [2.24, 2.45) is 5.92 Å². The Morgan fingerprint density at radius 1 is 1.64 bits per heavy atom. The molecule has 1 unspecified atom stereocenters. The molecule has 1 amide bonds. The zero-order chi connectivity index (χ0) is 10.4. The third kappa shape index (κ3) is 4.46. The summed E-state index contributed by atoms with van der Waals surface area (Å²) < 4.78 is 4.97. The van der Waals surface area contributed by atoms with Gasteiger partial charge in [0.25, 0.3) is 0 Å². The van der Waals surface area contributed by atoms with Crippen LogP contribution in [0, 0.1) is 5.92 Å². The van der Waals surface area contributed by atoms with E-state index in [-0.39, 0.29) is 12.2 Å². The van der Waals surface area contributed by atoms with Gasteiger partial charge in [0.2, 0.25) is 0 Å². The molecule has 1 aliphatic rings. The van der Waals surface area contributed by atoms with E-state index in [0.717, 1.165) is 19.6 Å². The Kier molecular flexibility index (Phi) is 4.73. The number of hydrogen-bond donors (Lipinski definition) is 2. The van der Waals surface area contributed by atoms with Gasteiger partial charge in [0, 0.05) is 6.54 Å². The largest absolute Gasteiger partial charge is 0.447 e. The maximum atomic E-state index is 11.1. The molecule has 4 nitrogen and oxygen atoms in total. The van der Waals surface area contributed by atoms with Crippen molar-refractivity contribution in [3.05, 3.63) is 0 Å². The molecule has 0 aromatic rings. The molecule has 0 bridgehead atoms. The molecule has 0 spiro atoms. The number of ether oxygens (including phenoxy) is 1. The Hall–Kier alpha value is -0.770. The molecule has 2 N–H and O–H groups in total. The topological polar surface area (TPSA) is 50.4 Å². The van der Waals surface area contributed by atoms with Gasteiger partial charge in [-0.1, -0.05) is 0 Å². The Labute approximate surface area is 85.4 Å². The second-order valence-corrected chi connectivity index (χ2v) is 4.05. The van der Waals surface area contributed by atoms with E-state index < -0.39 is 0 Å². The van der Waals surface area contributed by atoms with Crippen LogP contribution in [-0.4, -0.2) is 31.8 Å². The maximum absolute atomic E-state index is 11.1. The summed E-state index contributed by atoms with van der Waals surface area (Å²) in [6, 6.07) is 0. The van der Waals surface area contributed by atoms with Crippen LogP contribution in [0.4, 0.5) is 4.79 Å². The second kappa shape index (κ2) is 5.86. The van der Waals surface area contributed by atoms with Crippen molar-refractivity contribution in [3.63, 3.8) is 0 Å². The zero-order valence-corrected chi connectivity index (χ0v) is 9.01. The average Bonchev–Trinajstić information content (AvgIpc) is 2.15. The predicted molar refractivity (Wildman–Crippen MR) is 55.2 cm³/mol. The number of amides is 1. The van der Waals surface area contributed by atoms with Crippen LogP contribution in [0.1, 0.15) is 26.7 Å². The molecular weight excluding hydrogens is 180 g/mol. The van der Waals surface area contributed by atoms with Crippen LogP contribution in [0.15, 0.2) is 0 Å². The summed E-state index contributed by atoms with van der Waals surface area (Å²) in [7, 11) is 0. The molecule has 1 rings (SSSR count). The summed E-state index contributed by atoms with van der Waals surface area (Å²) in [6.45, 7) is 6.52. The van der Waals surface area contributed by atoms with Crippen molar-refractivity contribution < 1.29 is 9.53 Å². The fourth-order valence-electron chi connectivity index (χ4n) is 1.58. The van der Waals surface area contributed by atoms with E-state index in [1.54, 1.807) is 0 Å². The fraction of sp³-hybridized carbons (Fsp3) is 0.900. The van der Waals surface area contributed by atoms with Crippen LogP contribution in [0.2, 0.25) is 0 Å². The highest BCUT2D eigenvalue weighted by molar-refractivity contribution is 5.67. The fourth-order valence-corrected chi connectivity index (χ4v) is 1.58. The van der Waals surface area contributed by atoms with Crippen molar-refractivity contribution in [3.8, 4) is 0 Å². The van der Waals surface area contributed by atoms with Crippen LogP contribution in [-0.2, 0) is 4.74 Å². The lowest BCUT2D eigenvalue weighted by Crippen LogP contribution is -2.38. The SMILES string of the molecule is CC(C)OC(=O)NCC1CCCNC1. The van der Waals surface area contributed by atoms with Gasteiger partial charge in [-0.2, -0.15) is 0 Å². The standard InChI is InChI=1S/C10H20N2O2/c1-8(2)14-10(13)12-7-9-4-3-5-11-6-9/h8-9,11H,3-7H2,1-2H3,(H,12,13). The minimum atomic E-state index is -0.300. The number of alkyl carbamates (subject to hydrolysis) is 1. The smallest absolute Gasteiger partial charge is 0.407 e. The monoisotopic (exact) mass is 200 g/mol. The highest BCUT2D eigenvalue weighted by atomic mass is 16.6. The van der Waals surface area contributed by atoms with Gasteiger partial charge < -0.3 is 15.4 Å². The van der Waals surface area contributed by atoms with Crippen molar-refractivity contribution in [1.82, 2.24) is 10.6 Å². The first-order chi connectivity index (χ1) is 6.68. The van der Waals surface area contributed by atoms with E-state index in [0.29, 0.717) is 5.92 Å². The predicted octanol–water partition coefficient (Wildman–Crippen LogP) is 1.12. The van der Waals surface area contributed by atoms with Crippen molar-refractivity contribution in [2.45, 2.75) is 32.8 Å². The molecule has 1 atom stereocenters. The van der Waals surface area contributed by atoms with E-state index >= 15 is 0 Å². The molecule has 4 heteroatoms. The van der Waals surface area contributed by atoms with Gasteiger partial charge in [0.15, 0.2) is 0 Å². The van der Waals surface area contributed by atoms with Crippen molar-refractivity contribution in [2.75, 3.05) is 19.6 Å². The van der Waals surface area contributed by atoms with Crippen LogP contribution in [0.3, 0.4) is 0 Å². The van der Waals surface area contributed by atoms with Gasteiger partial charge in [0.05, 0.1) is 6.10 Å². The van der Waals surface area contributed by atoms with E-state index in [4.69, 9.17) is 4.74 Å². The van der Waals surface area contributed by atoms with Crippen LogP contribution < -0.4 is 10.6 Å². The summed E-state index contributed by atoms with van der Waals surface area (Å²) in [4.78, 5) is 11.1. The molecule has 0 aromatic carbocycles. The summed E-state index contributed by atoms with van der Waals surface area (Å²) >= 11 is 0. The summed E-state index contributed by atoms with van der Waals surface area (Å²) in [5, 5.41) is 6.09. The second-order valence-electron chi connectivity index (χ2n) is 4.05. The summed E-state index contributed by atoms with van der Waals surface area (Å²) in [5.41, 5.74) is 0. The molecular formula is C10H20N2O2. The Morgan fingerprint density at radius 3 is 3.00 bits per heavy atom. The average molecular weight is 200 g/mol. The quantitative estimate of drug-likeness (QED) is 0.717. The van der Waals surface area contributed by atoms with Gasteiger partial charge in [-0.15, -0.1) is 0 Å². The van der Waals surface area contributed by atoms with E-state index in [9.17, 15) is 4.79 Å². The first-order valence-corrected chi connectivity index (χ1v) is 5.33. The normalized spacial score (nSPS) is 22.1. The van der Waals surface area contributed by atoms with Gasteiger partial charge in [-0.05, 0) is 45.7 Å². The van der Waals surface area contributed by atoms with Gasteiger partial charge in [-0.25, -0.2) is 4.79 Å².